The van der Waals surface area contributed by atoms with Gasteiger partial charge in [-0.2, -0.15) is 0 Å². The third-order valence-electron chi connectivity index (χ3n) is 2.94. The zero-order valence-corrected chi connectivity index (χ0v) is 8.42. The van der Waals surface area contributed by atoms with E-state index in [0.717, 1.165) is 39.0 Å². The lowest BCUT2D eigenvalue weighted by Crippen LogP contribution is -2.47. The first-order chi connectivity index (χ1) is 6.86. The van der Waals surface area contributed by atoms with Crippen molar-refractivity contribution in [3.8, 4) is 0 Å². The molecule has 80 valence electrons. The van der Waals surface area contributed by atoms with Gasteiger partial charge in [-0.25, -0.2) is 0 Å². The van der Waals surface area contributed by atoms with Crippen LogP contribution >= 0.6 is 0 Å². The molecule has 1 amide bonds. The smallest absolute Gasteiger partial charge is 0.225 e. The Morgan fingerprint density at radius 2 is 2.36 bits per heavy atom. The summed E-state index contributed by atoms with van der Waals surface area (Å²) in [6.07, 6.45) is 3.14. The number of carbonyl (C=O) groups excluding carboxylic acids is 1. The van der Waals surface area contributed by atoms with Crippen LogP contribution in [0.4, 0.5) is 0 Å². The molecule has 14 heavy (non-hydrogen) atoms. The summed E-state index contributed by atoms with van der Waals surface area (Å²) in [6, 6.07) is 0.330. The first-order valence-electron chi connectivity index (χ1n) is 5.45. The fraction of sp³-hybridized carbons (Fsp3) is 0.900. The highest BCUT2D eigenvalue weighted by Crippen LogP contribution is 2.13. The highest BCUT2D eigenvalue weighted by molar-refractivity contribution is 5.79. The summed E-state index contributed by atoms with van der Waals surface area (Å²) in [7, 11) is 0. The number of carbonyl (C=O) groups is 1. The molecule has 0 aromatic rings. The van der Waals surface area contributed by atoms with Gasteiger partial charge in [0.25, 0.3) is 0 Å². The standard InChI is InChI=1S/C10H18N2O2/c13-10(8-3-5-14-7-8)12-9-2-1-4-11-6-9/h8-9,11H,1-7H2,(H,12,13)/t8?,9-/m1/s1. The van der Waals surface area contributed by atoms with Gasteiger partial charge in [0.1, 0.15) is 0 Å². The minimum atomic E-state index is 0.0944. The van der Waals surface area contributed by atoms with E-state index in [1.165, 1.54) is 0 Å². The predicted octanol–water partition coefficient (Wildman–Crippen LogP) is -0.109. The minimum Gasteiger partial charge on any atom is -0.381 e. The van der Waals surface area contributed by atoms with Crippen LogP contribution in [0, 0.1) is 5.92 Å². The molecule has 2 N–H and O–H groups in total. The summed E-state index contributed by atoms with van der Waals surface area (Å²) >= 11 is 0. The first kappa shape index (κ1) is 9.93. The van der Waals surface area contributed by atoms with Crippen LogP contribution in [0.2, 0.25) is 0 Å². The van der Waals surface area contributed by atoms with Crippen LogP contribution in [0.1, 0.15) is 19.3 Å². The van der Waals surface area contributed by atoms with Crippen LogP contribution in [0.5, 0.6) is 0 Å². The second-order valence-electron chi connectivity index (χ2n) is 4.11. The van der Waals surface area contributed by atoms with Crippen molar-refractivity contribution >= 4 is 5.91 Å². The molecule has 1 unspecified atom stereocenters. The van der Waals surface area contributed by atoms with Gasteiger partial charge in [0.15, 0.2) is 0 Å². The number of hydrogen-bond acceptors (Lipinski definition) is 3. The Bertz CT molecular complexity index is 196. The van der Waals surface area contributed by atoms with Crippen molar-refractivity contribution in [2.45, 2.75) is 25.3 Å². The van der Waals surface area contributed by atoms with Crippen molar-refractivity contribution < 1.29 is 9.53 Å². The lowest BCUT2D eigenvalue weighted by molar-refractivity contribution is -0.125. The molecule has 0 saturated carbocycles. The Morgan fingerprint density at radius 3 is 3.00 bits per heavy atom. The lowest BCUT2D eigenvalue weighted by atomic mass is 10.0. The Hall–Kier alpha value is -0.610. The van der Waals surface area contributed by atoms with Crippen molar-refractivity contribution in [1.29, 1.82) is 0 Å². The maximum absolute atomic E-state index is 11.7. The molecule has 4 heteroatoms. The Balaban J connectivity index is 1.75. The van der Waals surface area contributed by atoms with Gasteiger partial charge < -0.3 is 15.4 Å². The van der Waals surface area contributed by atoms with E-state index in [4.69, 9.17) is 4.74 Å². The molecule has 4 nitrogen and oxygen atoms in total. The van der Waals surface area contributed by atoms with E-state index in [2.05, 4.69) is 10.6 Å². The number of nitrogens with one attached hydrogen (secondary N) is 2. The fourth-order valence-corrected chi connectivity index (χ4v) is 2.04. The zero-order chi connectivity index (χ0) is 9.80. The molecular weight excluding hydrogens is 180 g/mol. The average molecular weight is 198 g/mol. The fourth-order valence-electron chi connectivity index (χ4n) is 2.04. The molecule has 2 heterocycles. The third kappa shape index (κ3) is 2.45. The maximum Gasteiger partial charge on any atom is 0.225 e. The highest BCUT2D eigenvalue weighted by Gasteiger charge is 2.25. The molecule has 0 aliphatic carbocycles. The number of amides is 1. The van der Waals surface area contributed by atoms with Gasteiger partial charge in [-0.3, -0.25) is 4.79 Å². The average Bonchev–Trinajstić information content (AvgIpc) is 2.72. The minimum absolute atomic E-state index is 0.0944. The monoisotopic (exact) mass is 198 g/mol. The Morgan fingerprint density at radius 1 is 1.43 bits per heavy atom. The highest BCUT2D eigenvalue weighted by atomic mass is 16.5. The van der Waals surface area contributed by atoms with Gasteiger partial charge in [0.2, 0.25) is 5.91 Å². The van der Waals surface area contributed by atoms with Crippen molar-refractivity contribution in [2.75, 3.05) is 26.3 Å². The van der Waals surface area contributed by atoms with E-state index < -0.39 is 0 Å². The Labute approximate surface area is 84.4 Å². The summed E-state index contributed by atoms with van der Waals surface area (Å²) < 4.78 is 5.19. The SMILES string of the molecule is O=C(N[C@@H]1CCCNC1)C1CCOC1. The maximum atomic E-state index is 11.7. The molecule has 2 aliphatic rings. The second-order valence-corrected chi connectivity index (χ2v) is 4.11. The predicted molar refractivity (Wildman–Crippen MR) is 53.0 cm³/mol. The van der Waals surface area contributed by atoms with Gasteiger partial charge in [0.05, 0.1) is 12.5 Å². The molecule has 2 fully saturated rings. The normalized spacial score (nSPS) is 32.9. The van der Waals surface area contributed by atoms with Gasteiger partial charge in [-0.1, -0.05) is 0 Å². The van der Waals surface area contributed by atoms with Crippen LogP contribution in [0.3, 0.4) is 0 Å². The molecule has 2 saturated heterocycles. The van der Waals surface area contributed by atoms with E-state index in [-0.39, 0.29) is 11.8 Å². The van der Waals surface area contributed by atoms with Crippen molar-refractivity contribution in [3.63, 3.8) is 0 Å². The van der Waals surface area contributed by atoms with Crippen molar-refractivity contribution in [2.24, 2.45) is 5.92 Å². The van der Waals surface area contributed by atoms with Gasteiger partial charge >= 0.3 is 0 Å². The molecule has 0 aromatic carbocycles. The summed E-state index contributed by atoms with van der Waals surface area (Å²) in [5.74, 6) is 0.271. The van der Waals surface area contributed by atoms with Crippen LogP contribution in [0.25, 0.3) is 0 Å². The molecule has 2 aliphatic heterocycles. The van der Waals surface area contributed by atoms with E-state index >= 15 is 0 Å². The van der Waals surface area contributed by atoms with Gasteiger partial charge in [-0.15, -0.1) is 0 Å². The number of piperidine rings is 1. The van der Waals surface area contributed by atoms with Gasteiger partial charge in [-0.05, 0) is 25.8 Å². The lowest BCUT2D eigenvalue weighted by Gasteiger charge is -2.24. The topological polar surface area (TPSA) is 50.4 Å². The van der Waals surface area contributed by atoms with E-state index in [1.54, 1.807) is 0 Å². The van der Waals surface area contributed by atoms with Crippen molar-refractivity contribution in [3.05, 3.63) is 0 Å². The van der Waals surface area contributed by atoms with Crippen LogP contribution in [0.15, 0.2) is 0 Å². The molecule has 0 bridgehead atoms. The second kappa shape index (κ2) is 4.75. The summed E-state index contributed by atoms with van der Waals surface area (Å²) in [5.41, 5.74) is 0. The van der Waals surface area contributed by atoms with E-state index in [9.17, 15) is 4.79 Å². The number of rotatable bonds is 2. The van der Waals surface area contributed by atoms with E-state index in [1.807, 2.05) is 0 Å². The summed E-state index contributed by atoms with van der Waals surface area (Å²) in [5, 5.41) is 6.36. The number of hydrogen-bond donors (Lipinski definition) is 2. The molecule has 0 spiro atoms. The molecule has 0 radical (unpaired) electrons. The van der Waals surface area contributed by atoms with Crippen LogP contribution in [-0.4, -0.2) is 38.3 Å². The van der Waals surface area contributed by atoms with Crippen LogP contribution in [-0.2, 0) is 9.53 Å². The van der Waals surface area contributed by atoms with Crippen LogP contribution < -0.4 is 10.6 Å². The number of ether oxygens (including phenoxy) is 1. The van der Waals surface area contributed by atoms with E-state index in [0.29, 0.717) is 12.6 Å². The molecular formula is C10H18N2O2. The molecule has 0 aromatic heterocycles. The quantitative estimate of drug-likeness (QED) is 0.651. The summed E-state index contributed by atoms with van der Waals surface area (Å²) in [4.78, 5) is 11.7. The zero-order valence-electron chi connectivity index (χ0n) is 8.42. The first-order valence-corrected chi connectivity index (χ1v) is 5.45. The third-order valence-corrected chi connectivity index (χ3v) is 2.94. The summed E-state index contributed by atoms with van der Waals surface area (Å²) in [6.45, 7) is 3.34. The van der Waals surface area contributed by atoms with Crippen molar-refractivity contribution in [1.82, 2.24) is 10.6 Å². The van der Waals surface area contributed by atoms with Gasteiger partial charge in [0, 0.05) is 19.2 Å². The molecule has 2 rings (SSSR count). The largest absolute Gasteiger partial charge is 0.381 e. The Kier molecular flexibility index (Phi) is 3.37. The molecule has 2 atom stereocenters.